The van der Waals surface area contributed by atoms with Gasteiger partial charge in [-0.2, -0.15) is 0 Å². The molecular weight excluding hydrogens is 367 g/mol. The molecular formula is C17H14Cl2N2O4. The van der Waals surface area contributed by atoms with Gasteiger partial charge in [-0.3, -0.25) is 14.4 Å². The van der Waals surface area contributed by atoms with Gasteiger partial charge in [-0.25, -0.2) is 0 Å². The number of rotatable bonds is 4. The van der Waals surface area contributed by atoms with E-state index >= 15 is 0 Å². The summed E-state index contributed by atoms with van der Waals surface area (Å²) in [6.45, 7) is 2.60. The maximum absolute atomic E-state index is 12.5. The number of benzene rings is 2. The Hall–Kier alpha value is -2.57. The Kier molecular flexibility index (Phi) is 6.01. The van der Waals surface area contributed by atoms with Gasteiger partial charge in [-0.05, 0) is 36.4 Å². The number of anilines is 2. The van der Waals surface area contributed by atoms with E-state index in [0.29, 0.717) is 16.4 Å². The van der Waals surface area contributed by atoms with Crippen LogP contribution in [0.15, 0.2) is 36.4 Å². The molecule has 2 amide bonds. The minimum absolute atomic E-state index is 0.0837. The Morgan fingerprint density at radius 2 is 1.68 bits per heavy atom. The van der Waals surface area contributed by atoms with Crippen molar-refractivity contribution in [1.29, 1.82) is 0 Å². The zero-order chi connectivity index (χ0) is 18.6. The predicted molar refractivity (Wildman–Crippen MR) is 96.5 cm³/mol. The lowest BCUT2D eigenvalue weighted by molar-refractivity contribution is -0.131. The van der Waals surface area contributed by atoms with Crippen LogP contribution in [0.4, 0.5) is 11.4 Å². The molecule has 8 heteroatoms. The number of ether oxygens (including phenoxy) is 1. The van der Waals surface area contributed by atoms with Gasteiger partial charge in [0.15, 0.2) is 0 Å². The van der Waals surface area contributed by atoms with Crippen molar-refractivity contribution in [2.45, 2.75) is 13.8 Å². The first kappa shape index (κ1) is 18.8. The summed E-state index contributed by atoms with van der Waals surface area (Å²) in [6.07, 6.45) is 0. The maximum atomic E-state index is 12.5. The second-order valence-electron chi connectivity index (χ2n) is 5.06. The third-order valence-electron chi connectivity index (χ3n) is 2.98. The van der Waals surface area contributed by atoms with Crippen molar-refractivity contribution in [2.75, 3.05) is 10.6 Å². The van der Waals surface area contributed by atoms with Gasteiger partial charge in [-0.15, -0.1) is 0 Å². The first-order chi connectivity index (χ1) is 11.8. The van der Waals surface area contributed by atoms with E-state index in [2.05, 4.69) is 10.6 Å². The molecule has 6 nitrogen and oxygen atoms in total. The van der Waals surface area contributed by atoms with Crippen molar-refractivity contribution in [2.24, 2.45) is 0 Å². The van der Waals surface area contributed by atoms with Gasteiger partial charge in [0, 0.05) is 24.6 Å². The molecule has 130 valence electrons. The summed E-state index contributed by atoms with van der Waals surface area (Å²) in [5.41, 5.74) is 0.915. The maximum Gasteiger partial charge on any atom is 0.308 e. The molecule has 25 heavy (non-hydrogen) atoms. The Morgan fingerprint density at radius 1 is 0.960 bits per heavy atom. The number of nitrogens with one attached hydrogen (secondary N) is 2. The van der Waals surface area contributed by atoms with E-state index in [9.17, 15) is 14.4 Å². The lowest BCUT2D eigenvalue weighted by atomic mass is 10.1. The topological polar surface area (TPSA) is 84.5 Å². The van der Waals surface area contributed by atoms with E-state index in [-0.39, 0.29) is 22.2 Å². The third kappa shape index (κ3) is 5.20. The third-order valence-corrected chi connectivity index (χ3v) is 3.53. The molecule has 0 unspecified atom stereocenters. The molecule has 2 N–H and O–H groups in total. The van der Waals surface area contributed by atoms with Crippen LogP contribution in [0, 0.1) is 0 Å². The largest absolute Gasteiger partial charge is 0.426 e. The van der Waals surface area contributed by atoms with Crippen LogP contribution in [-0.2, 0) is 9.59 Å². The van der Waals surface area contributed by atoms with Crippen LogP contribution in [0.1, 0.15) is 24.2 Å². The first-order valence-electron chi connectivity index (χ1n) is 7.12. The Morgan fingerprint density at radius 3 is 2.28 bits per heavy atom. The summed E-state index contributed by atoms with van der Waals surface area (Å²) in [7, 11) is 0. The summed E-state index contributed by atoms with van der Waals surface area (Å²) < 4.78 is 5.01. The Labute approximate surface area is 154 Å². The molecule has 2 aromatic carbocycles. The van der Waals surface area contributed by atoms with Crippen molar-refractivity contribution in [3.63, 3.8) is 0 Å². The number of amides is 2. The fourth-order valence-corrected chi connectivity index (χ4v) is 2.41. The zero-order valence-corrected chi connectivity index (χ0v) is 14.9. The highest BCUT2D eigenvalue weighted by Crippen LogP contribution is 2.28. The monoisotopic (exact) mass is 380 g/mol. The van der Waals surface area contributed by atoms with Crippen molar-refractivity contribution in [3.05, 3.63) is 52.0 Å². The zero-order valence-electron chi connectivity index (χ0n) is 13.4. The van der Waals surface area contributed by atoms with Gasteiger partial charge < -0.3 is 15.4 Å². The molecule has 0 aliphatic heterocycles. The number of esters is 1. The fraction of sp³-hybridized carbons (Fsp3) is 0.118. The van der Waals surface area contributed by atoms with E-state index in [1.165, 1.54) is 38.1 Å². The van der Waals surface area contributed by atoms with Crippen LogP contribution in [0.2, 0.25) is 10.0 Å². The van der Waals surface area contributed by atoms with Gasteiger partial charge in [0.05, 0.1) is 16.3 Å². The predicted octanol–water partition coefficient (Wildman–Crippen LogP) is 4.13. The van der Waals surface area contributed by atoms with Crippen LogP contribution in [0.5, 0.6) is 5.75 Å². The summed E-state index contributed by atoms with van der Waals surface area (Å²) >= 11 is 12.0. The van der Waals surface area contributed by atoms with Gasteiger partial charge in [-0.1, -0.05) is 23.2 Å². The van der Waals surface area contributed by atoms with Crippen molar-refractivity contribution in [1.82, 2.24) is 0 Å². The van der Waals surface area contributed by atoms with Crippen LogP contribution >= 0.6 is 23.2 Å². The van der Waals surface area contributed by atoms with Crippen LogP contribution in [0.25, 0.3) is 0 Å². The molecule has 0 atom stereocenters. The molecule has 0 saturated carbocycles. The minimum Gasteiger partial charge on any atom is -0.426 e. The van der Waals surface area contributed by atoms with E-state index < -0.39 is 11.9 Å². The number of hydrogen-bond donors (Lipinski definition) is 2. The smallest absolute Gasteiger partial charge is 0.308 e. The molecule has 0 fully saturated rings. The lowest BCUT2D eigenvalue weighted by Gasteiger charge is -2.12. The second-order valence-corrected chi connectivity index (χ2v) is 5.91. The average molecular weight is 381 g/mol. The molecule has 0 radical (unpaired) electrons. The Bertz CT molecular complexity index is 853. The molecule has 0 saturated heterocycles. The van der Waals surface area contributed by atoms with E-state index in [0.717, 1.165) is 0 Å². The van der Waals surface area contributed by atoms with Gasteiger partial charge >= 0.3 is 5.97 Å². The lowest BCUT2D eigenvalue weighted by Crippen LogP contribution is -2.15. The van der Waals surface area contributed by atoms with Gasteiger partial charge in [0.2, 0.25) is 5.91 Å². The molecule has 2 rings (SSSR count). The van der Waals surface area contributed by atoms with E-state index in [4.69, 9.17) is 27.9 Å². The van der Waals surface area contributed by atoms with Crippen LogP contribution in [-0.4, -0.2) is 17.8 Å². The molecule has 0 heterocycles. The van der Waals surface area contributed by atoms with Crippen LogP contribution in [0.3, 0.4) is 0 Å². The summed E-state index contributed by atoms with van der Waals surface area (Å²) in [5, 5.41) is 5.74. The second kappa shape index (κ2) is 8.00. The quantitative estimate of drug-likeness (QED) is 0.616. The summed E-state index contributed by atoms with van der Waals surface area (Å²) in [4.78, 5) is 34.7. The van der Waals surface area contributed by atoms with Crippen molar-refractivity contribution >= 4 is 52.4 Å². The average Bonchev–Trinajstić information content (AvgIpc) is 2.50. The fourth-order valence-electron chi connectivity index (χ4n) is 2.01. The van der Waals surface area contributed by atoms with Crippen LogP contribution < -0.4 is 15.4 Å². The normalized spacial score (nSPS) is 10.1. The first-order valence-corrected chi connectivity index (χ1v) is 7.88. The van der Waals surface area contributed by atoms with Gasteiger partial charge in [0.25, 0.3) is 5.91 Å². The van der Waals surface area contributed by atoms with Crippen molar-refractivity contribution in [3.8, 4) is 5.75 Å². The van der Waals surface area contributed by atoms with Gasteiger partial charge in [0.1, 0.15) is 5.75 Å². The molecule has 0 spiro atoms. The molecule has 0 aromatic heterocycles. The standard InChI is InChI=1S/C17H14Cl2N2O4/c1-9(22)20-12-4-5-15(14(19)8-12)21-17(24)13-7-11(18)3-6-16(13)25-10(2)23/h3-8H,1-2H3,(H,20,22)(H,21,24). The van der Waals surface area contributed by atoms with E-state index in [1.54, 1.807) is 12.1 Å². The van der Waals surface area contributed by atoms with Crippen molar-refractivity contribution < 1.29 is 19.1 Å². The summed E-state index contributed by atoms with van der Waals surface area (Å²) in [6, 6.07) is 8.96. The molecule has 0 aliphatic carbocycles. The highest BCUT2D eigenvalue weighted by molar-refractivity contribution is 6.34. The Balaban J connectivity index is 2.26. The number of carbonyl (C=O) groups is 3. The molecule has 2 aromatic rings. The highest BCUT2D eigenvalue weighted by Gasteiger charge is 2.16. The molecule has 0 aliphatic rings. The van der Waals surface area contributed by atoms with E-state index in [1.807, 2.05) is 0 Å². The number of hydrogen-bond acceptors (Lipinski definition) is 4. The minimum atomic E-state index is -0.561. The molecule has 0 bridgehead atoms. The SMILES string of the molecule is CC(=O)Nc1ccc(NC(=O)c2cc(Cl)ccc2OC(C)=O)c(Cl)c1. The summed E-state index contributed by atoms with van der Waals surface area (Å²) in [5.74, 6) is -1.26. The number of carbonyl (C=O) groups excluding carboxylic acids is 3. The highest BCUT2D eigenvalue weighted by atomic mass is 35.5. The number of halogens is 2.